The molecule has 184 valence electrons. The number of Topliss-reactive ketones (excluding diaryl/α,β-unsaturated/α-hetero) is 1. The van der Waals surface area contributed by atoms with Gasteiger partial charge in [0.25, 0.3) is 0 Å². The van der Waals surface area contributed by atoms with Crippen LogP contribution in [-0.2, 0) is 14.3 Å². The van der Waals surface area contributed by atoms with E-state index < -0.39 is 11.9 Å². The topological polar surface area (TPSA) is 64.6 Å². The van der Waals surface area contributed by atoms with E-state index in [1.165, 1.54) is 4.88 Å². The van der Waals surface area contributed by atoms with Crippen LogP contribution in [0.1, 0.15) is 42.0 Å². The quantitative estimate of drug-likeness (QED) is 0.289. The van der Waals surface area contributed by atoms with E-state index in [9.17, 15) is 9.59 Å². The SMILES string of the molecule is CC1=C(C(=O)OCCOc2ccccc2)C(c2ccc(Cl)cc2)C2=C(CC(c3cccs3)CC2=O)N1. The van der Waals surface area contributed by atoms with Crippen LogP contribution in [0.5, 0.6) is 5.75 Å². The molecule has 5 rings (SSSR count). The van der Waals surface area contributed by atoms with Crippen molar-refractivity contribution in [2.24, 2.45) is 0 Å². The van der Waals surface area contributed by atoms with Gasteiger partial charge in [0.2, 0.25) is 0 Å². The van der Waals surface area contributed by atoms with Gasteiger partial charge in [0.1, 0.15) is 19.0 Å². The zero-order chi connectivity index (χ0) is 25.1. The summed E-state index contributed by atoms with van der Waals surface area (Å²) in [5.74, 6) is -0.0854. The highest BCUT2D eigenvalue weighted by atomic mass is 35.5. The molecule has 2 unspecified atom stereocenters. The molecule has 36 heavy (non-hydrogen) atoms. The summed E-state index contributed by atoms with van der Waals surface area (Å²) in [6.07, 6.45) is 1.13. The summed E-state index contributed by atoms with van der Waals surface area (Å²) >= 11 is 7.82. The Bertz CT molecular complexity index is 1310. The molecule has 2 aliphatic rings. The van der Waals surface area contributed by atoms with Crippen molar-refractivity contribution >= 4 is 34.7 Å². The molecule has 7 heteroatoms. The summed E-state index contributed by atoms with van der Waals surface area (Å²) < 4.78 is 11.3. The second-order valence-corrected chi connectivity index (χ2v) is 10.3. The Hall–Kier alpha value is -3.35. The Morgan fingerprint density at radius 3 is 2.53 bits per heavy atom. The van der Waals surface area contributed by atoms with Crippen molar-refractivity contribution < 1.29 is 19.1 Å². The number of carbonyl (C=O) groups is 2. The van der Waals surface area contributed by atoms with Gasteiger partial charge in [-0.25, -0.2) is 4.79 Å². The normalized spacial score (nSPS) is 19.6. The third-order valence-electron chi connectivity index (χ3n) is 6.52. The Kier molecular flexibility index (Phi) is 7.25. The molecule has 0 amide bonds. The molecule has 0 saturated carbocycles. The third-order valence-corrected chi connectivity index (χ3v) is 7.81. The summed E-state index contributed by atoms with van der Waals surface area (Å²) in [5.41, 5.74) is 3.50. The lowest BCUT2D eigenvalue weighted by Gasteiger charge is -2.36. The number of nitrogens with one attached hydrogen (secondary N) is 1. The van der Waals surface area contributed by atoms with Gasteiger partial charge < -0.3 is 14.8 Å². The maximum Gasteiger partial charge on any atom is 0.336 e. The number of esters is 1. The van der Waals surface area contributed by atoms with Gasteiger partial charge in [-0.2, -0.15) is 0 Å². The molecule has 0 spiro atoms. The van der Waals surface area contributed by atoms with E-state index in [-0.39, 0.29) is 24.9 Å². The van der Waals surface area contributed by atoms with Crippen molar-refractivity contribution in [1.82, 2.24) is 5.32 Å². The lowest BCUT2D eigenvalue weighted by Crippen LogP contribution is -2.36. The van der Waals surface area contributed by atoms with E-state index in [0.29, 0.717) is 34.0 Å². The molecule has 2 atom stereocenters. The molecule has 1 aliphatic heterocycles. The molecule has 1 aliphatic carbocycles. The number of rotatable bonds is 7. The van der Waals surface area contributed by atoms with Crippen molar-refractivity contribution in [2.75, 3.05) is 13.2 Å². The molecular formula is C29H26ClNO4S. The number of hydrogen-bond acceptors (Lipinski definition) is 6. The molecule has 5 nitrogen and oxygen atoms in total. The number of ether oxygens (including phenoxy) is 2. The first-order valence-electron chi connectivity index (χ1n) is 11.9. The number of thiophene rings is 1. The molecule has 2 aromatic carbocycles. The predicted molar refractivity (Wildman–Crippen MR) is 141 cm³/mol. The van der Waals surface area contributed by atoms with E-state index in [1.807, 2.05) is 60.8 Å². The fraction of sp³-hybridized carbons (Fsp3) is 0.241. The summed E-state index contributed by atoms with van der Waals surface area (Å²) in [6.45, 7) is 2.19. The fourth-order valence-electron chi connectivity index (χ4n) is 4.91. The van der Waals surface area contributed by atoms with E-state index in [0.717, 1.165) is 17.7 Å². The first-order valence-corrected chi connectivity index (χ1v) is 13.1. The van der Waals surface area contributed by atoms with Crippen LogP contribution in [0.25, 0.3) is 0 Å². The molecular weight excluding hydrogens is 494 g/mol. The van der Waals surface area contributed by atoms with Crippen LogP contribution in [0.3, 0.4) is 0 Å². The number of dihydropyridines is 1. The molecule has 0 bridgehead atoms. The van der Waals surface area contributed by atoms with E-state index in [2.05, 4.69) is 11.4 Å². The van der Waals surface area contributed by atoms with Crippen LogP contribution < -0.4 is 10.1 Å². The average molecular weight is 520 g/mol. The second-order valence-electron chi connectivity index (χ2n) is 8.88. The Labute approximate surface area is 219 Å². The van der Waals surface area contributed by atoms with Crippen LogP contribution in [0, 0.1) is 0 Å². The number of carbonyl (C=O) groups excluding carboxylic acids is 2. The average Bonchev–Trinajstić information content (AvgIpc) is 3.42. The van der Waals surface area contributed by atoms with Crippen molar-refractivity contribution in [1.29, 1.82) is 0 Å². The zero-order valence-corrected chi connectivity index (χ0v) is 21.4. The van der Waals surface area contributed by atoms with E-state index in [4.69, 9.17) is 21.1 Å². The maximum atomic E-state index is 13.6. The summed E-state index contributed by atoms with van der Waals surface area (Å²) in [6, 6.07) is 20.8. The van der Waals surface area contributed by atoms with Crippen molar-refractivity contribution in [2.45, 2.75) is 31.6 Å². The summed E-state index contributed by atoms with van der Waals surface area (Å²) in [5, 5.41) is 6.02. The number of benzene rings is 2. The molecule has 0 saturated heterocycles. The molecule has 2 heterocycles. The van der Waals surface area contributed by atoms with E-state index in [1.54, 1.807) is 23.5 Å². The highest BCUT2D eigenvalue weighted by molar-refractivity contribution is 7.10. The molecule has 0 fully saturated rings. The van der Waals surface area contributed by atoms with Gasteiger partial charge in [-0.1, -0.05) is 48.0 Å². The van der Waals surface area contributed by atoms with Crippen molar-refractivity contribution in [3.05, 3.63) is 110 Å². The third kappa shape index (κ3) is 5.11. The minimum atomic E-state index is -0.516. The number of halogens is 1. The smallest absolute Gasteiger partial charge is 0.336 e. The zero-order valence-electron chi connectivity index (χ0n) is 19.8. The first-order chi connectivity index (χ1) is 17.5. The number of ketones is 1. The Morgan fingerprint density at radius 2 is 1.81 bits per heavy atom. The van der Waals surface area contributed by atoms with Crippen LogP contribution in [0.4, 0.5) is 0 Å². The fourth-order valence-corrected chi connectivity index (χ4v) is 5.87. The molecule has 1 N–H and O–H groups in total. The largest absolute Gasteiger partial charge is 0.490 e. The Morgan fingerprint density at radius 1 is 1.03 bits per heavy atom. The Balaban J connectivity index is 1.40. The van der Waals surface area contributed by atoms with Crippen LogP contribution in [-0.4, -0.2) is 25.0 Å². The monoisotopic (exact) mass is 519 g/mol. The predicted octanol–water partition coefficient (Wildman–Crippen LogP) is 6.39. The van der Waals surface area contributed by atoms with Gasteiger partial charge in [-0.15, -0.1) is 11.3 Å². The molecule has 1 aromatic heterocycles. The van der Waals surface area contributed by atoms with E-state index >= 15 is 0 Å². The highest BCUT2D eigenvalue weighted by Crippen LogP contribution is 2.46. The lowest BCUT2D eigenvalue weighted by atomic mass is 9.72. The first kappa shape index (κ1) is 24.3. The summed E-state index contributed by atoms with van der Waals surface area (Å²) in [4.78, 5) is 28.1. The van der Waals surface area contributed by atoms with Gasteiger partial charge in [0, 0.05) is 45.1 Å². The van der Waals surface area contributed by atoms with Crippen LogP contribution >= 0.6 is 22.9 Å². The van der Waals surface area contributed by atoms with Gasteiger partial charge in [0.15, 0.2) is 5.78 Å². The lowest BCUT2D eigenvalue weighted by molar-refractivity contribution is -0.140. The standard InChI is InChI=1S/C29H26ClNO4S/c1-18-26(29(33)35-14-13-34-22-6-3-2-4-7-22)27(19-9-11-21(30)12-10-19)28-23(31-18)16-20(17-24(28)32)25-8-5-15-36-25/h2-12,15,20,27,31H,13-14,16-17H2,1H3. The molecule has 3 aromatic rings. The van der Waals surface area contributed by atoms with Crippen molar-refractivity contribution in [3.63, 3.8) is 0 Å². The van der Waals surface area contributed by atoms with Crippen LogP contribution in [0.15, 0.2) is 94.7 Å². The minimum absolute atomic E-state index is 0.0484. The van der Waals surface area contributed by atoms with Gasteiger partial charge in [-0.05, 0) is 54.6 Å². The number of allylic oxidation sites excluding steroid dienone is 3. The highest BCUT2D eigenvalue weighted by Gasteiger charge is 2.41. The number of hydrogen-bond donors (Lipinski definition) is 1. The molecule has 0 radical (unpaired) electrons. The second kappa shape index (κ2) is 10.7. The van der Waals surface area contributed by atoms with Crippen molar-refractivity contribution in [3.8, 4) is 5.75 Å². The number of para-hydroxylation sites is 1. The maximum absolute atomic E-state index is 13.6. The minimum Gasteiger partial charge on any atom is -0.490 e. The van der Waals surface area contributed by atoms with Gasteiger partial charge in [-0.3, -0.25) is 4.79 Å². The van der Waals surface area contributed by atoms with Crippen LogP contribution in [0.2, 0.25) is 5.02 Å². The van der Waals surface area contributed by atoms with Gasteiger partial charge in [0.05, 0.1) is 5.57 Å². The summed E-state index contributed by atoms with van der Waals surface area (Å²) in [7, 11) is 0. The van der Waals surface area contributed by atoms with Gasteiger partial charge >= 0.3 is 5.97 Å².